The van der Waals surface area contributed by atoms with E-state index in [0.29, 0.717) is 18.7 Å². The average Bonchev–Trinajstić information content (AvgIpc) is 3.37. The number of carbonyl (C=O) groups excluding carboxylic acids is 1. The molecule has 3 fully saturated rings. The van der Waals surface area contributed by atoms with Crippen LogP contribution in [-0.2, 0) is 26.1 Å². The van der Waals surface area contributed by atoms with Crippen LogP contribution >= 0.6 is 0 Å². The maximum Gasteiger partial charge on any atom is 0.508 e. The second-order valence-electron chi connectivity index (χ2n) is 11.3. The van der Waals surface area contributed by atoms with Crippen molar-refractivity contribution in [3.8, 4) is 0 Å². The predicted octanol–water partition coefficient (Wildman–Crippen LogP) is 4.55. The van der Waals surface area contributed by atoms with Gasteiger partial charge in [0.1, 0.15) is 18.4 Å². The number of hydrogen-bond donors (Lipinski definition) is 2. The molecule has 3 aliphatic rings. The van der Waals surface area contributed by atoms with Gasteiger partial charge in [-0.3, -0.25) is 5.10 Å². The van der Waals surface area contributed by atoms with Crippen LogP contribution in [0.25, 0.3) is 0 Å². The molecular formula is C27H40FN7O5S. The molecule has 2 bridgehead atoms. The number of aromatic nitrogens is 4. The fourth-order valence-electron chi connectivity index (χ4n) is 6.29. The number of hydrogen-bond acceptors (Lipinski definition) is 10. The zero-order valence-corrected chi connectivity index (χ0v) is 24.8. The number of anilines is 3. The van der Waals surface area contributed by atoms with E-state index >= 15 is 4.39 Å². The van der Waals surface area contributed by atoms with E-state index in [1.165, 1.54) is 0 Å². The summed E-state index contributed by atoms with van der Waals surface area (Å²) in [7, 11) is -1.48. The van der Waals surface area contributed by atoms with Crippen molar-refractivity contribution >= 4 is 33.8 Å². The first-order valence-electron chi connectivity index (χ1n) is 14.6. The fourth-order valence-corrected chi connectivity index (χ4v) is 7.88. The summed E-state index contributed by atoms with van der Waals surface area (Å²) in [6.45, 7) is 3.08. The van der Waals surface area contributed by atoms with E-state index in [1.54, 1.807) is 17.3 Å². The standard InChI is InChI=1S/C27H40FN7O5S/c1-4-41(37,38)35-18-9-8-10-19(35)15-20(14-18)34(3)26-29-22(16-39-27(36)40-21-11-6-5-7-12-21)24(28)25(31-26)30-23-13-17(2)32-33-23/h13,18-21H,4-12,14-16H2,1-3H3,(H2,29,30,31,32,33)/t18-,19+,20?. The van der Waals surface area contributed by atoms with Gasteiger partial charge >= 0.3 is 6.16 Å². The molecule has 0 aromatic carbocycles. The van der Waals surface area contributed by atoms with E-state index in [4.69, 9.17) is 9.47 Å². The van der Waals surface area contributed by atoms with Crippen molar-refractivity contribution in [2.45, 2.75) is 109 Å². The number of sulfonamides is 1. The van der Waals surface area contributed by atoms with Crippen LogP contribution in [0.5, 0.6) is 0 Å². The Morgan fingerprint density at radius 1 is 1.15 bits per heavy atom. The smallest absolute Gasteiger partial charge is 0.431 e. The summed E-state index contributed by atoms with van der Waals surface area (Å²) in [4.78, 5) is 23.2. The highest BCUT2D eigenvalue weighted by Crippen LogP contribution is 2.38. The van der Waals surface area contributed by atoms with E-state index in [9.17, 15) is 13.2 Å². The van der Waals surface area contributed by atoms with Gasteiger partial charge in [-0.2, -0.15) is 14.4 Å². The molecule has 0 radical (unpaired) electrons. The van der Waals surface area contributed by atoms with Crippen molar-refractivity contribution in [2.24, 2.45) is 0 Å². The van der Waals surface area contributed by atoms with Gasteiger partial charge in [-0.1, -0.05) is 12.8 Å². The quantitative estimate of drug-likeness (QED) is 0.398. The van der Waals surface area contributed by atoms with Crippen molar-refractivity contribution in [2.75, 3.05) is 23.0 Å². The molecule has 2 aromatic rings. The summed E-state index contributed by atoms with van der Waals surface area (Å²) in [5.74, 6) is -0.150. The summed E-state index contributed by atoms with van der Waals surface area (Å²) in [5.41, 5.74) is 0.692. The average molecular weight is 594 g/mol. The lowest BCUT2D eigenvalue weighted by Gasteiger charge is -2.49. The van der Waals surface area contributed by atoms with Gasteiger partial charge in [0.2, 0.25) is 16.0 Å². The highest BCUT2D eigenvalue weighted by molar-refractivity contribution is 7.89. The molecule has 2 aromatic heterocycles. The van der Waals surface area contributed by atoms with E-state index in [0.717, 1.165) is 57.1 Å². The van der Waals surface area contributed by atoms with Gasteiger partial charge in [-0.15, -0.1) is 0 Å². The summed E-state index contributed by atoms with van der Waals surface area (Å²) < 4.78 is 53.7. The third kappa shape index (κ3) is 6.74. The number of nitrogens with zero attached hydrogens (tertiary/aromatic N) is 5. The monoisotopic (exact) mass is 593 g/mol. The van der Waals surface area contributed by atoms with Crippen molar-refractivity contribution in [3.63, 3.8) is 0 Å². The molecular weight excluding hydrogens is 553 g/mol. The fraction of sp³-hybridized carbons (Fsp3) is 0.704. The Labute approximate surface area is 240 Å². The third-order valence-electron chi connectivity index (χ3n) is 8.43. The maximum atomic E-state index is 15.6. The van der Waals surface area contributed by atoms with E-state index < -0.39 is 28.6 Å². The minimum atomic E-state index is -3.32. The summed E-state index contributed by atoms with van der Waals surface area (Å²) >= 11 is 0. The van der Waals surface area contributed by atoms with Gasteiger partial charge in [0.15, 0.2) is 17.5 Å². The van der Waals surface area contributed by atoms with Crippen LogP contribution in [0.15, 0.2) is 6.07 Å². The van der Waals surface area contributed by atoms with Gasteiger partial charge in [-0.05, 0) is 65.2 Å². The van der Waals surface area contributed by atoms with Crippen molar-refractivity contribution < 1.29 is 27.1 Å². The molecule has 2 N–H and O–H groups in total. The normalized spacial score (nSPS) is 23.7. The topological polar surface area (TPSA) is 143 Å². The number of rotatable bonds is 9. The Hall–Kier alpha value is -3.00. The number of ether oxygens (including phenoxy) is 2. The minimum absolute atomic E-state index is 0.0513. The summed E-state index contributed by atoms with van der Waals surface area (Å²) in [6.07, 6.45) is 7.52. The zero-order chi connectivity index (χ0) is 29.1. The number of fused-ring (bicyclic) bond motifs is 2. The highest BCUT2D eigenvalue weighted by Gasteiger charge is 2.45. The number of H-pyrrole nitrogens is 1. The first kappa shape index (κ1) is 29.5. The van der Waals surface area contributed by atoms with Gasteiger partial charge in [-0.25, -0.2) is 22.6 Å². The molecule has 1 unspecified atom stereocenters. The lowest BCUT2D eigenvalue weighted by atomic mass is 9.83. The Morgan fingerprint density at radius 3 is 2.49 bits per heavy atom. The van der Waals surface area contributed by atoms with Gasteiger partial charge in [0.25, 0.3) is 0 Å². The predicted molar refractivity (Wildman–Crippen MR) is 151 cm³/mol. The molecule has 1 aliphatic carbocycles. The summed E-state index contributed by atoms with van der Waals surface area (Å²) in [6, 6.07) is 1.47. The molecule has 41 heavy (non-hydrogen) atoms. The Morgan fingerprint density at radius 2 is 1.85 bits per heavy atom. The number of halogens is 1. The van der Waals surface area contributed by atoms with Crippen LogP contribution < -0.4 is 10.2 Å². The van der Waals surface area contributed by atoms with Crippen LogP contribution in [-0.4, -0.2) is 76.1 Å². The second kappa shape index (κ2) is 12.5. The summed E-state index contributed by atoms with van der Waals surface area (Å²) in [5, 5.41) is 9.83. The highest BCUT2D eigenvalue weighted by atomic mass is 32.2. The van der Waals surface area contributed by atoms with E-state index in [2.05, 4.69) is 25.5 Å². The maximum absolute atomic E-state index is 15.6. The molecule has 2 aliphatic heterocycles. The minimum Gasteiger partial charge on any atom is -0.431 e. The van der Waals surface area contributed by atoms with Crippen LogP contribution in [0.3, 0.4) is 0 Å². The lowest BCUT2D eigenvalue weighted by molar-refractivity contribution is 0.00630. The van der Waals surface area contributed by atoms with E-state index in [-0.39, 0.29) is 47.4 Å². The second-order valence-corrected chi connectivity index (χ2v) is 13.5. The number of piperidine rings is 2. The molecule has 2 saturated heterocycles. The molecule has 5 rings (SSSR count). The molecule has 1 saturated carbocycles. The number of aromatic amines is 1. The van der Waals surface area contributed by atoms with Crippen molar-refractivity contribution in [3.05, 3.63) is 23.3 Å². The first-order valence-corrected chi connectivity index (χ1v) is 16.2. The zero-order valence-electron chi connectivity index (χ0n) is 23.9. The molecule has 226 valence electrons. The number of carbonyl (C=O) groups is 1. The molecule has 3 atom stereocenters. The van der Waals surface area contributed by atoms with Crippen LogP contribution in [0.2, 0.25) is 0 Å². The Kier molecular flexibility index (Phi) is 8.97. The molecule has 4 heterocycles. The van der Waals surface area contributed by atoms with Crippen LogP contribution in [0.4, 0.5) is 26.8 Å². The van der Waals surface area contributed by atoms with Crippen LogP contribution in [0, 0.1) is 12.7 Å². The van der Waals surface area contributed by atoms with Crippen LogP contribution in [0.1, 0.15) is 82.5 Å². The van der Waals surface area contributed by atoms with Gasteiger partial charge < -0.3 is 19.7 Å². The third-order valence-corrected chi connectivity index (χ3v) is 10.4. The molecule has 0 spiro atoms. The largest absolute Gasteiger partial charge is 0.508 e. The molecule has 12 nitrogen and oxygen atoms in total. The van der Waals surface area contributed by atoms with Crippen molar-refractivity contribution in [1.29, 1.82) is 0 Å². The molecule has 14 heteroatoms. The first-order chi connectivity index (χ1) is 19.6. The van der Waals surface area contributed by atoms with E-state index in [1.807, 2.05) is 18.9 Å². The Bertz CT molecular complexity index is 1320. The lowest BCUT2D eigenvalue weighted by Crippen LogP contribution is -2.58. The number of aryl methyl sites for hydroxylation is 1. The van der Waals surface area contributed by atoms with Gasteiger partial charge in [0, 0.05) is 36.9 Å². The molecule has 0 amide bonds. The van der Waals surface area contributed by atoms with Gasteiger partial charge in [0.05, 0.1) is 5.75 Å². The Balaban J connectivity index is 1.37. The SMILES string of the molecule is CCS(=O)(=O)N1[C@@H]2CCC[C@H]1CC(N(C)c1nc(COC(=O)OC3CCCCC3)c(F)c(Nc3cc(C)[nH]n3)n1)C2. The number of nitrogens with one attached hydrogen (secondary N) is 2. The van der Waals surface area contributed by atoms with Crippen molar-refractivity contribution in [1.82, 2.24) is 24.5 Å².